The molecular formula is C65H85FN16O5. The van der Waals surface area contributed by atoms with Gasteiger partial charge in [-0.15, -0.1) is 0 Å². The van der Waals surface area contributed by atoms with E-state index < -0.39 is 11.4 Å². The fourth-order valence-corrected chi connectivity index (χ4v) is 9.87. The average molecular weight is 1190 g/mol. The maximum Gasteiger partial charge on any atom is 0.247 e. The minimum atomic E-state index is -0.415. The summed E-state index contributed by atoms with van der Waals surface area (Å²) in [5, 5.41) is 12.3. The van der Waals surface area contributed by atoms with Crippen molar-refractivity contribution in [3.05, 3.63) is 116 Å². The van der Waals surface area contributed by atoms with Crippen LogP contribution in [0, 0.1) is 12.7 Å². The van der Waals surface area contributed by atoms with Crippen LogP contribution in [-0.2, 0) is 16.0 Å². The Labute approximate surface area is 510 Å². The van der Waals surface area contributed by atoms with E-state index in [2.05, 4.69) is 112 Å². The Morgan fingerprint density at radius 1 is 0.621 bits per heavy atom. The largest absolute Gasteiger partial charge is 0.494 e. The number of nitrogens with one attached hydrogen (secondary N) is 4. The quantitative estimate of drug-likeness (QED) is 0.0415. The summed E-state index contributed by atoms with van der Waals surface area (Å²) in [6.07, 6.45) is 6.48. The van der Waals surface area contributed by atoms with Crippen molar-refractivity contribution in [2.24, 2.45) is 0 Å². The second kappa shape index (κ2) is 28.4. The van der Waals surface area contributed by atoms with Gasteiger partial charge in [-0.05, 0) is 144 Å². The van der Waals surface area contributed by atoms with E-state index in [0.29, 0.717) is 74.8 Å². The summed E-state index contributed by atoms with van der Waals surface area (Å²) in [5.41, 5.74) is 9.10. The summed E-state index contributed by atoms with van der Waals surface area (Å²) < 4.78 is 37.4. The number of aromatic nitrogens is 8. The van der Waals surface area contributed by atoms with E-state index in [4.69, 9.17) is 24.2 Å². The third-order valence-corrected chi connectivity index (χ3v) is 14.0. The normalized spacial score (nSPS) is 11.5. The molecule has 87 heavy (non-hydrogen) atoms. The topological polar surface area (TPSA) is 210 Å². The van der Waals surface area contributed by atoms with E-state index in [9.17, 15) is 9.59 Å². The van der Waals surface area contributed by atoms with Gasteiger partial charge in [0.15, 0.2) is 5.82 Å². The van der Waals surface area contributed by atoms with E-state index in [-0.39, 0.29) is 29.8 Å². The summed E-state index contributed by atoms with van der Waals surface area (Å²) in [5.74, 6) is 3.17. The van der Waals surface area contributed by atoms with E-state index in [1.165, 1.54) is 18.2 Å². The molecule has 0 aliphatic carbocycles. The number of carbonyl (C=O) groups is 2. The van der Waals surface area contributed by atoms with Crippen LogP contribution in [0.1, 0.15) is 79.1 Å². The molecule has 0 saturated carbocycles. The molecule has 4 heterocycles. The first-order chi connectivity index (χ1) is 41.3. The molecule has 2 amide bonds. The highest BCUT2D eigenvalue weighted by Crippen LogP contribution is 2.41. The van der Waals surface area contributed by atoms with Gasteiger partial charge in [0.1, 0.15) is 45.5 Å². The zero-order valence-corrected chi connectivity index (χ0v) is 53.5. The maximum atomic E-state index is 15.3. The minimum Gasteiger partial charge on any atom is -0.494 e. The molecule has 0 aliphatic rings. The molecule has 0 unspecified atom stereocenters. The lowest BCUT2D eigenvalue weighted by molar-refractivity contribution is -0.112. The SMILES string of the molecule is C=CC(=O)Nc1cc(Nc2nccc(-c3cc(F)c4nc(CC)n(C(C)C)c4c3)n2)c(OC)cc1N(C)CCN(C)C.C=CC(=O)Nc1cc(Nc2nccc(-c3cc(OC(C)(C)C)c4nc(C)n(C(C)C)c4c3)n2)c(OC)cc1N(C)CCN(C)C. The highest BCUT2D eigenvalue weighted by Gasteiger charge is 2.24. The first kappa shape index (κ1) is 65.4. The van der Waals surface area contributed by atoms with Crippen molar-refractivity contribution in [1.29, 1.82) is 0 Å². The van der Waals surface area contributed by atoms with Crippen molar-refractivity contribution >= 4 is 79.9 Å². The summed E-state index contributed by atoms with van der Waals surface area (Å²) in [7, 11) is 15.2. The predicted molar refractivity (Wildman–Crippen MR) is 351 cm³/mol. The lowest BCUT2D eigenvalue weighted by Crippen LogP contribution is -2.29. The zero-order valence-electron chi connectivity index (χ0n) is 53.5. The van der Waals surface area contributed by atoms with Crippen LogP contribution in [0.15, 0.2) is 98.4 Å². The van der Waals surface area contributed by atoms with Crippen LogP contribution in [0.2, 0.25) is 0 Å². The number of methoxy groups -OCH3 is 2. The van der Waals surface area contributed by atoms with Crippen molar-refractivity contribution in [3.63, 3.8) is 0 Å². The number of hydrogen-bond acceptors (Lipinski definition) is 17. The number of hydrogen-bond donors (Lipinski definition) is 4. The molecule has 0 aliphatic heterocycles. The number of nitrogens with zero attached hydrogens (tertiary/aromatic N) is 12. The van der Waals surface area contributed by atoms with Crippen LogP contribution >= 0.6 is 0 Å². The van der Waals surface area contributed by atoms with Gasteiger partial charge >= 0.3 is 0 Å². The van der Waals surface area contributed by atoms with Gasteiger partial charge in [0.25, 0.3) is 0 Å². The lowest BCUT2D eigenvalue weighted by atomic mass is 10.1. The molecule has 4 N–H and O–H groups in total. The third-order valence-electron chi connectivity index (χ3n) is 14.0. The number of likely N-dealkylation sites (N-methyl/N-ethyl adjacent to an activating group) is 4. The first-order valence-corrected chi connectivity index (χ1v) is 28.9. The number of imidazole rings is 2. The van der Waals surface area contributed by atoms with Gasteiger partial charge in [0.05, 0.1) is 70.8 Å². The molecular weight excluding hydrogens is 1100 g/mol. The highest BCUT2D eigenvalue weighted by atomic mass is 19.1. The fraction of sp³-hybridized carbons (Fsp3) is 0.385. The molecule has 0 bridgehead atoms. The molecule has 0 radical (unpaired) electrons. The number of anilines is 8. The number of fused-ring (bicyclic) bond motifs is 2. The van der Waals surface area contributed by atoms with Crippen molar-refractivity contribution in [3.8, 4) is 39.8 Å². The van der Waals surface area contributed by atoms with Gasteiger partial charge < -0.3 is 64.2 Å². The Bertz CT molecular complexity index is 3770. The average Bonchev–Trinajstić information content (AvgIpc) is 1.75. The van der Waals surface area contributed by atoms with Crippen LogP contribution < -0.4 is 45.3 Å². The molecule has 0 fully saturated rings. The monoisotopic (exact) mass is 1190 g/mol. The third kappa shape index (κ3) is 16.0. The number of halogens is 1. The number of ether oxygens (including phenoxy) is 3. The van der Waals surface area contributed by atoms with Crippen molar-refractivity contribution in [2.45, 2.75) is 86.4 Å². The molecule has 8 aromatic rings. The summed E-state index contributed by atoms with van der Waals surface area (Å²) in [6.45, 7) is 28.8. The van der Waals surface area contributed by atoms with Gasteiger partial charge in [-0.3, -0.25) is 9.59 Å². The van der Waals surface area contributed by atoms with Gasteiger partial charge in [0, 0.05) is 94.4 Å². The van der Waals surface area contributed by atoms with Gasteiger partial charge in [-0.2, -0.15) is 0 Å². The summed E-state index contributed by atoms with van der Waals surface area (Å²) >= 11 is 0. The first-order valence-electron chi connectivity index (χ1n) is 28.9. The van der Waals surface area contributed by atoms with Crippen LogP contribution in [0.3, 0.4) is 0 Å². The molecule has 0 spiro atoms. The zero-order chi connectivity index (χ0) is 63.6. The number of amides is 2. The Kier molecular flexibility index (Phi) is 21.3. The van der Waals surface area contributed by atoms with E-state index in [0.717, 1.165) is 71.3 Å². The number of carbonyl (C=O) groups excluding carboxylic acids is 2. The van der Waals surface area contributed by atoms with Crippen LogP contribution in [-0.4, -0.2) is 149 Å². The molecule has 0 saturated heterocycles. The minimum absolute atomic E-state index is 0.121. The van der Waals surface area contributed by atoms with Crippen LogP contribution in [0.25, 0.3) is 44.6 Å². The number of benzene rings is 4. The maximum absolute atomic E-state index is 15.3. The molecule has 22 heteroatoms. The fourth-order valence-electron chi connectivity index (χ4n) is 9.87. The van der Waals surface area contributed by atoms with Gasteiger partial charge in [-0.1, -0.05) is 20.1 Å². The molecule has 4 aromatic carbocycles. The van der Waals surface area contributed by atoms with Gasteiger partial charge in [0.2, 0.25) is 23.7 Å². The Hall–Kier alpha value is -9.15. The van der Waals surface area contributed by atoms with Gasteiger partial charge in [-0.25, -0.2) is 34.3 Å². The molecule has 8 rings (SSSR count). The highest BCUT2D eigenvalue weighted by molar-refractivity contribution is 6.03. The molecule has 21 nitrogen and oxygen atoms in total. The molecule has 0 atom stereocenters. The predicted octanol–water partition coefficient (Wildman–Crippen LogP) is 12.1. The second-order valence-corrected chi connectivity index (χ2v) is 23.1. The van der Waals surface area contributed by atoms with E-state index >= 15 is 4.39 Å². The van der Waals surface area contributed by atoms with E-state index in [1.54, 1.807) is 38.7 Å². The summed E-state index contributed by atoms with van der Waals surface area (Å²) in [6, 6.07) is 18.7. The van der Waals surface area contributed by atoms with Crippen molar-refractivity contribution < 1.29 is 28.2 Å². The van der Waals surface area contributed by atoms with Crippen LogP contribution in [0.5, 0.6) is 17.2 Å². The Morgan fingerprint density at radius 3 is 1.49 bits per heavy atom. The van der Waals surface area contributed by atoms with Crippen LogP contribution in [0.4, 0.5) is 50.4 Å². The van der Waals surface area contributed by atoms with Crippen molar-refractivity contribution in [2.75, 3.05) is 114 Å². The van der Waals surface area contributed by atoms with E-state index in [1.807, 2.05) is 118 Å². The Balaban J connectivity index is 0.000000249. The lowest BCUT2D eigenvalue weighted by Gasteiger charge is -2.26. The van der Waals surface area contributed by atoms with Crippen molar-refractivity contribution in [1.82, 2.24) is 48.8 Å². The number of aryl methyl sites for hydroxylation is 2. The smallest absolute Gasteiger partial charge is 0.247 e. The molecule has 4 aromatic heterocycles. The Morgan fingerprint density at radius 2 is 1.08 bits per heavy atom. The second-order valence-electron chi connectivity index (χ2n) is 23.1. The molecule has 462 valence electrons. The summed E-state index contributed by atoms with van der Waals surface area (Å²) in [4.78, 5) is 60.8. The standard InChI is InChI=1S/C34H46N8O3.C31H39FN8O2/c1-12-31(43)37-25-19-26(29(44-11)20-27(25)41(10)16-15-40(8)9)39-33-35-14-13-24(38-33)23-17-28-32(30(18-23)45-34(5,6)7)36-22(4)42(28)21(2)3;1-9-28-37-30-21(32)15-20(16-26(30)40(28)19(3)4)22-11-12-33-31(35-22)36-24-17-23(34-29(41)10-2)25(18-27(24)42-8)39(7)14-13-38(5)6/h12-14,17-21H,1,15-16H2,2-11H3,(H,37,43)(H,35,38,39);10-12,15-19H,2,9,13-14H2,1,3-8H3,(H,34,41)(H,33,35,36). The number of rotatable bonds is 24.